The number of hydrogen-bond donors (Lipinski definition) is 1. The van der Waals surface area contributed by atoms with E-state index in [4.69, 9.17) is 0 Å². The van der Waals surface area contributed by atoms with Crippen molar-refractivity contribution >= 4 is 30.1 Å². The lowest BCUT2D eigenvalue weighted by molar-refractivity contribution is -0.128. The van der Waals surface area contributed by atoms with E-state index in [0.717, 1.165) is 50.9 Å². The van der Waals surface area contributed by atoms with Gasteiger partial charge >= 0.3 is 0 Å². The summed E-state index contributed by atoms with van der Waals surface area (Å²) in [6.45, 7) is 8.57. The number of thioether (sulfide) groups is 1. The van der Waals surface area contributed by atoms with E-state index in [0.29, 0.717) is 17.6 Å². The van der Waals surface area contributed by atoms with E-state index >= 15 is 0 Å². The fourth-order valence-corrected chi connectivity index (χ4v) is 4.45. The van der Waals surface area contributed by atoms with Crippen molar-refractivity contribution in [1.29, 1.82) is 0 Å². The van der Waals surface area contributed by atoms with E-state index in [1.54, 1.807) is 11.8 Å². The largest absolute Gasteiger partial charge is 0.342 e. The van der Waals surface area contributed by atoms with Crippen molar-refractivity contribution in [3.63, 3.8) is 0 Å². The molecule has 2 aliphatic heterocycles. The van der Waals surface area contributed by atoms with Crippen LogP contribution in [0.4, 0.5) is 0 Å². The predicted molar refractivity (Wildman–Crippen MR) is 104 cm³/mol. The number of halogens is 1. The van der Waals surface area contributed by atoms with Crippen molar-refractivity contribution in [2.45, 2.75) is 37.5 Å². The lowest BCUT2D eigenvalue weighted by atomic mass is 9.92. The van der Waals surface area contributed by atoms with Crippen molar-refractivity contribution in [3.05, 3.63) is 29.8 Å². The molecule has 2 saturated heterocycles. The average molecular weight is 369 g/mol. The highest BCUT2D eigenvalue weighted by atomic mass is 35.5. The molecular weight excluding hydrogens is 340 g/mol. The number of likely N-dealkylation sites (tertiary alicyclic amines) is 1. The maximum absolute atomic E-state index is 12.5. The van der Waals surface area contributed by atoms with E-state index in [2.05, 4.69) is 48.3 Å². The van der Waals surface area contributed by atoms with Crippen LogP contribution in [0, 0.1) is 11.8 Å². The minimum absolute atomic E-state index is 0. The quantitative estimate of drug-likeness (QED) is 0.821. The first-order valence-electron chi connectivity index (χ1n) is 8.84. The summed E-state index contributed by atoms with van der Waals surface area (Å²) in [4.78, 5) is 15.8. The van der Waals surface area contributed by atoms with Gasteiger partial charge in [-0.25, -0.2) is 0 Å². The van der Waals surface area contributed by atoms with Gasteiger partial charge in [-0.15, -0.1) is 24.2 Å². The minimum Gasteiger partial charge on any atom is -0.342 e. The van der Waals surface area contributed by atoms with Gasteiger partial charge in [0, 0.05) is 18.0 Å². The van der Waals surface area contributed by atoms with Crippen molar-refractivity contribution in [2.24, 2.45) is 11.8 Å². The average Bonchev–Trinajstić information content (AvgIpc) is 2.91. The second-order valence-electron chi connectivity index (χ2n) is 7.15. The number of rotatable bonds is 4. The second-order valence-corrected chi connectivity index (χ2v) is 8.20. The first-order chi connectivity index (χ1) is 11.1. The van der Waals surface area contributed by atoms with Crippen molar-refractivity contribution in [2.75, 3.05) is 31.9 Å². The van der Waals surface area contributed by atoms with Crippen molar-refractivity contribution in [3.8, 4) is 0 Å². The number of fused-ring (bicyclic) bond motifs is 1. The van der Waals surface area contributed by atoms with Crippen LogP contribution in [0.25, 0.3) is 0 Å². The highest BCUT2D eigenvalue weighted by Crippen LogP contribution is 2.28. The third kappa shape index (κ3) is 4.90. The molecule has 0 aromatic heterocycles. The molecule has 1 aromatic carbocycles. The highest BCUT2D eigenvalue weighted by Gasteiger charge is 2.31. The van der Waals surface area contributed by atoms with Crippen LogP contribution in [0.15, 0.2) is 29.2 Å². The van der Waals surface area contributed by atoms with Crippen LogP contribution in [-0.2, 0) is 4.79 Å². The Morgan fingerprint density at radius 3 is 2.29 bits per heavy atom. The molecule has 5 heteroatoms. The number of carbonyl (C=O) groups is 1. The lowest BCUT2D eigenvalue weighted by Gasteiger charge is -2.20. The number of nitrogens with zero attached hydrogens (tertiary/aromatic N) is 1. The SMILES string of the molecule is CC(C)c1ccc(SCC(=O)N2CC[C@@H]3CNC[C@@H]3CC2)cc1.Cl. The van der Waals surface area contributed by atoms with Gasteiger partial charge in [-0.05, 0) is 61.4 Å². The van der Waals surface area contributed by atoms with E-state index in [1.807, 2.05) is 0 Å². The maximum atomic E-state index is 12.5. The number of nitrogens with one attached hydrogen (secondary N) is 1. The standard InChI is InChI=1S/C19H28N2OS.ClH/c1-14(2)15-3-5-18(6-4-15)23-13-19(22)21-9-7-16-11-20-12-17(16)8-10-21;/h3-6,14,16-17,20H,7-13H2,1-2H3;1H/t16-,17+;. The van der Waals surface area contributed by atoms with Crippen LogP contribution < -0.4 is 5.32 Å². The van der Waals surface area contributed by atoms with Gasteiger partial charge in [0.25, 0.3) is 0 Å². The molecule has 3 nitrogen and oxygen atoms in total. The molecule has 0 bridgehead atoms. The summed E-state index contributed by atoms with van der Waals surface area (Å²) in [7, 11) is 0. The lowest BCUT2D eigenvalue weighted by Crippen LogP contribution is -2.34. The molecule has 2 atom stereocenters. The molecule has 2 heterocycles. The van der Waals surface area contributed by atoms with Gasteiger partial charge in [0.2, 0.25) is 5.91 Å². The topological polar surface area (TPSA) is 32.3 Å². The molecular formula is C19H29ClN2OS. The Hall–Kier alpha value is -0.710. The molecule has 0 aliphatic carbocycles. The highest BCUT2D eigenvalue weighted by molar-refractivity contribution is 8.00. The zero-order valence-corrected chi connectivity index (χ0v) is 16.3. The summed E-state index contributed by atoms with van der Waals surface area (Å²) < 4.78 is 0. The Balaban J connectivity index is 0.00000208. The van der Waals surface area contributed by atoms with Crippen LogP contribution in [0.1, 0.15) is 38.2 Å². The third-order valence-corrected chi connectivity index (χ3v) is 6.28. The molecule has 2 aliphatic rings. The molecule has 3 rings (SSSR count). The van der Waals surface area contributed by atoms with Crippen LogP contribution >= 0.6 is 24.2 Å². The zero-order chi connectivity index (χ0) is 16.2. The molecule has 0 radical (unpaired) electrons. The minimum atomic E-state index is 0. The molecule has 1 amide bonds. The Morgan fingerprint density at radius 2 is 1.75 bits per heavy atom. The van der Waals surface area contributed by atoms with E-state index in [1.165, 1.54) is 10.5 Å². The monoisotopic (exact) mass is 368 g/mol. The first kappa shape index (κ1) is 19.6. The number of hydrogen-bond acceptors (Lipinski definition) is 3. The molecule has 0 unspecified atom stereocenters. The molecule has 2 fully saturated rings. The fraction of sp³-hybridized carbons (Fsp3) is 0.632. The summed E-state index contributed by atoms with van der Waals surface area (Å²) >= 11 is 1.67. The van der Waals surface area contributed by atoms with E-state index in [9.17, 15) is 4.79 Å². The Morgan fingerprint density at radius 1 is 1.17 bits per heavy atom. The summed E-state index contributed by atoms with van der Waals surface area (Å²) in [6, 6.07) is 8.65. The zero-order valence-electron chi connectivity index (χ0n) is 14.7. The summed E-state index contributed by atoms with van der Waals surface area (Å²) in [6.07, 6.45) is 2.33. The molecule has 0 spiro atoms. The molecule has 0 saturated carbocycles. The van der Waals surface area contributed by atoms with Crippen LogP contribution in [0.5, 0.6) is 0 Å². The van der Waals surface area contributed by atoms with Gasteiger partial charge in [-0.2, -0.15) is 0 Å². The van der Waals surface area contributed by atoms with Gasteiger partial charge in [0.15, 0.2) is 0 Å². The van der Waals surface area contributed by atoms with Gasteiger partial charge in [0.05, 0.1) is 5.75 Å². The van der Waals surface area contributed by atoms with Crippen LogP contribution in [0.2, 0.25) is 0 Å². The van der Waals surface area contributed by atoms with Gasteiger partial charge in [-0.3, -0.25) is 4.79 Å². The normalized spacial score (nSPS) is 23.5. The molecule has 1 N–H and O–H groups in total. The van der Waals surface area contributed by atoms with Gasteiger partial charge in [0.1, 0.15) is 0 Å². The number of amides is 1. The van der Waals surface area contributed by atoms with E-state index in [-0.39, 0.29) is 12.4 Å². The molecule has 24 heavy (non-hydrogen) atoms. The van der Waals surface area contributed by atoms with Crippen molar-refractivity contribution in [1.82, 2.24) is 10.2 Å². The van der Waals surface area contributed by atoms with Gasteiger partial charge in [-0.1, -0.05) is 26.0 Å². The fourth-order valence-electron chi connectivity index (χ4n) is 3.65. The first-order valence-corrected chi connectivity index (χ1v) is 9.83. The van der Waals surface area contributed by atoms with Gasteiger partial charge < -0.3 is 10.2 Å². The molecule has 134 valence electrons. The summed E-state index contributed by atoms with van der Waals surface area (Å²) in [5.74, 6) is 2.99. The number of carbonyl (C=O) groups excluding carboxylic acids is 1. The third-order valence-electron chi connectivity index (χ3n) is 5.28. The molecule has 1 aromatic rings. The summed E-state index contributed by atoms with van der Waals surface area (Å²) in [5, 5.41) is 3.49. The Bertz CT molecular complexity index is 521. The van der Waals surface area contributed by atoms with Crippen molar-refractivity contribution < 1.29 is 4.79 Å². The van der Waals surface area contributed by atoms with Crippen LogP contribution in [0.3, 0.4) is 0 Å². The van der Waals surface area contributed by atoms with E-state index < -0.39 is 0 Å². The second kappa shape index (κ2) is 9.12. The Kier molecular flexibility index (Phi) is 7.45. The smallest absolute Gasteiger partial charge is 0.232 e. The van der Waals surface area contributed by atoms with Crippen LogP contribution in [-0.4, -0.2) is 42.7 Å². The number of benzene rings is 1. The predicted octanol–water partition coefficient (Wildman–Crippen LogP) is 3.78. The Labute approximate surface area is 156 Å². The maximum Gasteiger partial charge on any atom is 0.232 e. The summed E-state index contributed by atoms with van der Waals surface area (Å²) in [5.41, 5.74) is 1.35.